The van der Waals surface area contributed by atoms with Crippen LogP contribution >= 0.6 is 12.4 Å². The van der Waals surface area contributed by atoms with Crippen LogP contribution in [0.2, 0.25) is 0 Å². The Bertz CT molecular complexity index is 1270. The number of nitrogens with one attached hydrogen (secondary N) is 1. The molecule has 0 aliphatic carbocycles. The molecule has 4 heterocycles. The number of oxazole rings is 1. The Morgan fingerprint density at radius 1 is 1.31 bits per heavy atom. The Hall–Kier alpha value is -3.63. The zero-order valence-electron chi connectivity index (χ0n) is 17.2. The lowest BCUT2D eigenvalue weighted by atomic mass is 10.1. The third-order valence-corrected chi connectivity index (χ3v) is 5.42. The minimum Gasteiger partial charge on any atom is -0.451 e. The minimum absolute atomic E-state index is 0. The van der Waals surface area contributed by atoms with E-state index in [1.54, 1.807) is 16.9 Å². The number of rotatable bonds is 4. The van der Waals surface area contributed by atoms with Crippen molar-refractivity contribution in [2.24, 2.45) is 7.05 Å². The van der Waals surface area contributed by atoms with Crippen LogP contribution in [0.4, 0.5) is 17.2 Å². The number of nitrogen functional groups attached to an aromatic ring is 1. The van der Waals surface area contributed by atoms with Gasteiger partial charge in [0.25, 0.3) is 5.91 Å². The number of halogens is 1. The summed E-state index contributed by atoms with van der Waals surface area (Å²) >= 11 is 0. The second kappa shape index (κ2) is 8.48. The monoisotopic (exact) mass is 455 g/mol. The molecule has 11 heteroatoms. The third kappa shape index (κ3) is 3.85. The topological polar surface area (TPSA) is 135 Å². The summed E-state index contributed by atoms with van der Waals surface area (Å²) in [6.45, 7) is 1.17. The fourth-order valence-electron chi connectivity index (χ4n) is 4.01. The number of benzene rings is 1. The van der Waals surface area contributed by atoms with Gasteiger partial charge in [-0.15, -0.1) is 12.4 Å². The summed E-state index contributed by atoms with van der Waals surface area (Å²) in [6, 6.07) is 7.48. The van der Waals surface area contributed by atoms with Crippen LogP contribution in [0.25, 0.3) is 22.2 Å². The molecule has 4 N–H and O–H groups in total. The lowest BCUT2D eigenvalue weighted by Crippen LogP contribution is -2.23. The van der Waals surface area contributed by atoms with Crippen LogP contribution in [0.15, 0.2) is 47.5 Å². The van der Waals surface area contributed by atoms with Gasteiger partial charge >= 0.3 is 0 Å². The van der Waals surface area contributed by atoms with Gasteiger partial charge < -0.3 is 25.5 Å². The maximum atomic E-state index is 12.7. The fourth-order valence-corrected chi connectivity index (χ4v) is 4.01. The van der Waals surface area contributed by atoms with Gasteiger partial charge in [-0.2, -0.15) is 5.10 Å². The fraction of sp³-hybridized carbons (Fsp3) is 0.238. The van der Waals surface area contributed by atoms with Gasteiger partial charge in [0, 0.05) is 37.3 Å². The zero-order chi connectivity index (χ0) is 21.5. The second-order valence-corrected chi connectivity index (χ2v) is 7.54. The molecule has 1 saturated heterocycles. The van der Waals surface area contributed by atoms with Crippen molar-refractivity contribution in [1.29, 1.82) is 0 Å². The van der Waals surface area contributed by atoms with E-state index < -0.39 is 6.10 Å². The number of anilines is 3. The number of aliphatic hydroxyl groups is 1. The van der Waals surface area contributed by atoms with Gasteiger partial charge in [-0.25, -0.2) is 9.97 Å². The number of fused-ring (bicyclic) bond motifs is 1. The zero-order valence-corrected chi connectivity index (χ0v) is 18.0. The molecule has 1 aromatic carbocycles. The third-order valence-electron chi connectivity index (χ3n) is 5.42. The lowest BCUT2D eigenvalue weighted by molar-refractivity contribution is 0.102. The number of hydrogen-bond donors (Lipinski definition) is 3. The van der Waals surface area contributed by atoms with Crippen molar-refractivity contribution in [2.75, 3.05) is 29.0 Å². The molecular weight excluding hydrogens is 434 g/mol. The molecule has 3 aromatic heterocycles. The first kappa shape index (κ1) is 21.6. The quantitative estimate of drug-likeness (QED) is 0.427. The first-order valence-corrected chi connectivity index (χ1v) is 9.85. The number of aromatic nitrogens is 4. The standard InChI is InChI=1S/C21H21N7O3.ClH/c1-27-20(12-2-4-23-19(22)6-12)14-7-16(25-21(30)17-10-31-11-24-17)18(8-15(14)26-27)28-5-3-13(29)9-28;/h2,4,6-8,10-11,13,29H,3,5,9H2,1H3,(H2,22,23)(H,25,30);1H/t13-;/m1./s1. The van der Waals surface area contributed by atoms with E-state index in [0.717, 1.165) is 27.8 Å². The molecule has 32 heavy (non-hydrogen) atoms. The molecule has 1 fully saturated rings. The summed E-state index contributed by atoms with van der Waals surface area (Å²) in [5.74, 6) is 0.0294. The van der Waals surface area contributed by atoms with Crippen molar-refractivity contribution in [3.63, 3.8) is 0 Å². The molecule has 5 rings (SSSR count). The van der Waals surface area contributed by atoms with E-state index in [1.807, 2.05) is 30.1 Å². The summed E-state index contributed by atoms with van der Waals surface area (Å²) in [5.41, 5.74) is 9.95. The van der Waals surface area contributed by atoms with Crippen LogP contribution in [0.5, 0.6) is 0 Å². The van der Waals surface area contributed by atoms with E-state index in [2.05, 4.69) is 20.4 Å². The Labute approximate surface area is 189 Å². The molecule has 166 valence electrons. The van der Waals surface area contributed by atoms with Crippen molar-refractivity contribution < 1.29 is 14.3 Å². The number of β-amino-alcohol motifs (C(OH)–C–C–N with tert-alkyl or cyclic N) is 1. The van der Waals surface area contributed by atoms with Gasteiger partial charge in [0.2, 0.25) is 0 Å². The summed E-state index contributed by atoms with van der Waals surface area (Å²) in [6.07, 6.45) is 4.41. The molecule has 4 aromatic rings. The van der Waals surface area contributed by atoms with Gasteiger partial charge in [-0.05, 0) is 30.7 Å². The number of carbonyl (C=O) groups excluding carboxylic acids is 1. The minimum atomic E-state index is -0.408. The van der Waals surface area contributed by atoms with Gasteiger partial charge in [-0.3, -0.25) is 9.48 Å². The predicted octanol–water partition coefficient (Wildman–Crippen LogP) is 2.45. The Kier molecular flexibility index (Phi) is 5.72. The number of hydrogen-bond acceptors (Lipinski definition) is 8. The Balaban J connectivity index is 0.00000245. The first-order valence-electron chi connectivity index (χ1n) is 9.85. The maximum absolute atomic E-state index is 12.7. The summed E-state index contributed by atoms with van der Waals surface area (Å²) < 4.78 is 6.72. The first-order chi connectivity index (χ1) is 15.0. The number of aliphatic hydroxyl groups excluding tert-OH is 1. The number of amides is 1. The lowest BCUT2D eigenvalue weighted by Gasteiger charge is -2.22. The summed E-state index contributed by atoms with van der Waals surface area (Å²) in [5, 5.41) is 18.5. The van der Waals surface area contributed by atoms with E-state index in [4.69, 9.17) is 10.2 Å². The molecule has 1 amide bonds. The van der Waals surface area contributed by atoms with E-state index in [9.17, 15) is 9.90 Å². The molecule has 10 nitrogen and oxygen atoms in total. The van der Waals surface area contributed by atoms with Crippen LogP contribution in [-0.4, -0.2) is 50.0 Å². The van der Waals surface area contributed by atoms with Crippen LogP contribution in [0.3, 0.4) is 0 Å². The van der Waals surface area contributed by atoms with Crippen molar-refractivity contribution in [3.05, 3.63) is 48.8 Å². The van der Waals surface area contributed by atoms with Crippen LogP contribution < -0.4 is 16.0 Å². The number of nitrogens with two attached hydrogens (primary N) is 1. The molecule has 0 radical (unpaired) electrons. The average Bonchev–Trinajstić information content (AvgIpc) is 3.47. The molecule has 1 aliphatic heterocycles. The molecule has 0 spiro atoms. The highest BCUT2D eigenvalue weighted by Gasteiger charge is 2.25. The number of nitrogens with zero attached hydrogens (tertiary/aromatic N) is 5. The normalized spacial score (nSPS) is 15.7. The SMILES string of the molecule is Cl.Cn1nc2cc(N3CC[C@@H](O)C3)c(NC(=O)c3cocn3)cc2c1-c1ccnc(N)c1. The molecule has 1 atom stereocenters. The average molecular weight is 456 g/mol. The van der Waals surface area contributed by atoms with E-state index in [1.165, 1.54) is 12.7 Å². The Morgan fingerprint density at radius 3 is 2.84 bits per heavy atom. The molecular formula is C21H22ClN7O3. The molecule has 1 aliphatic rings. The highest BCUT2D eigenvalue weighted by Crippen LogP contribution is 2.37. The van der Waals surface area contributed by atoms with Crippen molar-refractivity contribution in [1.82, 2.24) is 19.7 Å². The number of aryl methyl sites for hydroxylation is 1. The molecule has 0 bridgehead atoms. The number of pyridine rings is 1. The number of carbonyl (C=O) groups is 1. The highest BCUT2D eigenvalue weighted by molar-refractivity contribution is 6.08. The van der Waals surface area contributed by atoms with Gasteiger partial charge in [0.15, 0.2) is 12.1 Å². The van der Waals surface area contributed by atoms with E-state index >= 15 is 0 Å². The van der Waals surface area contributed by atoms with Crippen molar-refractivity contribution in [2.45, 2.75) is 12.5 Å². The van der Waals surface area contributed by atoms with Crippen molar-refractivity contribution >= 4 is 46.4 Å². The van der Waals surface area contributed by atoms with Crippen LogP contribution in [0, 0.1) is 0 Å². The predicted molar refractivity (Wildman–Crippen MR) is 123 cm³/mol. The van der Waals surface area contributed by atoms with Crippen LogP contribution in [-0.2, 0) is 7.05 Å². The maximum Gasteiger partial charge on any atom is 0.277 e. The second-order valence-electron chi connectivity index (χ2n) is 7.54. The largest absolute Gasteiger partial charge is 0.451 e. The van der Waals surface area contributed by atoms with Crippen molar-refractivity contribution in [3.8, 4) is 11.3 Å². The molecule has 0 saturated carbocycles. The van der Waals surface area contributed by atoms with E-state index in [0.29, 0.717) is 31.0 Å². The van der Waals surface area contributed by atoms with E-state index in [-0.39, 0.29) is 24.0 Å². The summed E-state index contributed by atoms with van der Waals surface area (Å²) in [7, 11) is 1.86. The molecule has 0 unspecified atom stereocenters. The van der Waals surface area contributed by atoms with Gasteiger partial charge in [0.05, 0.1) is 28.7 Å². The highest BCUT2D eigenvalue weighted by atomic mass is 35.5. The van der Waals surface area contributed by atoms with Gasteiger partial charge in [-0.1, -0.05) is 0 Å². The van der Waals surface area contributed by atoms with Crippen LogP contribution in [0.1, 0.15) is 16.9 Å². The summed E-state index contributed by atoms with van der Waals surface area (Å²) in [4.78, 5) is 22.7. The van der Waals surface area contributed by atoms with Gasteiger partial charge in [0.1, 0.15) is 12.1 Å². The Morgan fingerprint density at radius 2 is 2.16 bits per heavy atom. The smallest absolute Gasteiger partial charge is 0.277 e.